The molecule has 0 atom stereocenters. The van der Waals surface area contributed by atoms with Crippen molar-refractivity contribution in [1.29, 1.82) is 0 Å². The van der Waals surface area contributed by atoms with Gasteiger partial charge in [-0.05, 0) is 140 Å². The van der Waals surface area contributed by atoms with E-state index in [2.05, 4.69) is 24.3 Å². The lowest BCUT2D eigenvalue weighted by Crippen LogP contribution is -2.48. The average molecular weight is 429 g/mol. The van der Waals surface area contributed by atoms with Gasteiger partial charge in [0.05, 0.1) is 0 Å². The number of rotatable bonds is 2. The molecule has 8 aliphatic carbocycles. The number of benzene rings is 2. The Morgan fingerprint density at radius 1 is 0.562 bits per heavy atom. The summed E-state index contributed by atoms with van der Waals surface area (Å²) in [6.07, 6.45) is 16.0. The first-order chi connectivity index (χ1) is 15.5. The van der Waals surface area contributed by atoms with Crippen LogP contribution in [0.25, 0.3) is 10.8 Å². The molecule has 0 heterocycles. The minimum Gasteiger partial charge on any atom is -0.504 e. The first kappa shape index (κ1) is 18.7. The smallest absolute Gasteiger partial charge is 0.166 e. The second kappa shape index (κ2) is 6.05. The summed E-state index contributed by atoms with van der Waals surface area (Å²) >= 11 is 0. The van der Waals surface area contributed by atoms with Gasteiger partial charge in [-0.25, -0.2) is 0 Å². The third kappa shape index (κ3) is 2.37. The number of fused-ring (bicyclic) bond motifs is 1. The van der Waals surface area contributed by atoms with Crippen molar-refractivity contribution < 1.29 is 10.2 Å². The van der Waals surface area contributed by atoms with Crippen molar-refractivity contribution in [1.82, 2.24) is 0 Å². The summed E-state index contributed by atoms with van der Waals surface area (Å²) < 4.78 is 0. The van der Waals surface area contributed by atoms with E-state index >= 15 is 0 Å². The summed E-state index contributed by atoms with van der Waals surface area (Å²) in [6, 6.07) is 9.03. The number of phenolic OH excluding ortho intramolecular Hbond substituents is 2. The summed E-state index contributed by atoms with van der Waals surface area (Å²) in [6.45, 7) is 0. The maximum absolute atomic E-state index is 11.6. The van der Waals surface area contributed by atoms with E-state index < -0.39 is 0 Å². The Kier molecular flexibility index (Phi) is 3.53. The summed E-state index contributed by atoms with van der Waals surface area (Å²) in [4.78, 5) is 0. The van der Waals surface area contributed by atoms with Gasteiger partial charge in [0.15, 0.2) is 11.5 Å². The van der Waals surface area contributed by atoms with E-state index in [0.29, 0.717) is 0 Å². The van der Waals surface area contributed by atoms with E-state index in [1.165, 1.54) is 88.0 Å². The van der Waals surface area contributed by atoms with Crippen LogP contribution in [0.4, 0.5) is 0 Å². The van der Waals surface area contributed by atoms with Gasteiger partial charge in [0.1, 0.15) is 0 Å². The molecule has 0 radical (unpaired) electrons. The van der Waals surface area contributed by atoms with E-state index in [0.717, 1.165) is 46.5 Å². The van der Waals surface area contributed by atoms with Crippen LogP contribution >= 0.6 is 0 Å². The van der Waals surface area contributed by atoms with Gasteiger partial charge in [-0.15, -0.1) is 0 Å². The number of phenols is 2. The molecule has 32 heavy (non-hydrogen) atoms. The number of hydrogen-bond acceptors (Lipinski definition) is 2. The SMILES string of the molecule is Oc1c(C23CC4CC(CC(C4)C2)C3)cc2cccc(C34CC5CC(CC(C5)C3)C4)c2c1O. The minimum absolute atomic E-state index is 0.0984. The lowest BCUT2D eigenvalue weighted by Gasteiger charge is -2.57. The molecule has 0 aliphatic heterocycles. The average Bonchev–Trinajstić information content (AvgIpc) is 2.74. The van der Waals surface area contributed by atoms with Crippen LogP contribution in [-0.4, -0.2) is 10.2 Å². The fourth-order valence-electron chi connectivity index (χ4n) is 11.2. The second-order valence-corrected chi connectivity index (χ2v) is 13.4. The van der Waals surface area contributed by atoms with Gasteiger partial charge in [-0.2, -0.15) is 0 Å². The molecular formula is C30H36O2. The van der Waals surface area contributed by atoms with E-state index in [4.69, 9.17) is 0 Å². The molecule has 8 aliphatic rings. The van der Waals surface area contributed by atoms with Crippen molar-refractivity contribution in [2.75, 3.05) is 0 Å². The van der Waals surface area contributed by atoms with Crippen molar-refractivity contribution >= 4 is 10.8 Å². The van der Waals surface area contributed by atoms with Gasteiger partial charge < -0.3 is 10.2 Å². The van der Waals surface area contributed by atoms with Crippen LogP contribution in [-0.2, 0) is 10.8 Å². The predicted molar refractivity (Wildman–Crippen MR) is 127 cm³/mol. The second-order valence-electron chi connectivity index (χ2n) is 13.4. The quantitative estimate of drug-likeness (QED) is 0.497. The zero-order chi connectivity index (χ0) is 21.2. The monoisotopic (exact) mass is 428 g/mol. The topological polar surface area (TPSA) is 40.5 Å². The molecule has 8 bridgehead atoms. The lowest BCUT2D eigenvalue weighted by atomic mass is 9.47. The Balaban J connectivity index is 1.30. The van der Waals surface area contributed by atoms with E-state index in [1.54, 1.807) is 0 Å². The van der Waals surface area contributed by atoms with Crippen molar-refractivity contribution in [2.24, 2.45) is 35.5 Å². The Labute approximate surface area is 191 Å². The molecule has 0 saturated heterocycles. The number of aromatic hydroxyl groups is 2. The van der Waals surface area contributed by atoms with Crippen molar-refractivity contribution in [2.45, 2.75) is 87.9 Å². The lowest BCUT2D eigenvalue weighted by molar-refractivity contribution is -0.00624. The molecule has 8 saturated carbocycles. The van der Waals surface area contributed by atoms with Crippen molar-refractivity contribution in [3.63, 3.8) is 0 Å². The van der Waals surface area contributed by atoms with Crippen LogP contribution in [0.3, 0.4) is 0 Å². The maximum Gasteiger partial charge on any atom is 0.166 e. The Morgan fingerprint density at radius 2 is 1.00 bits per heavy atom. The Hall–Kier alpha value is -1.70. The van der Waals surface area contributed by atoms with Gasteiger partial charge in [-0.1, -0.05) is 18.2 Å². The van der Waals surface area contributed by atoms with E-state index in [9.17, 15) is 10.2 Å². The third-order valence-electron chi connectivity index (χ3n) is 11.3. The highest BCUT2D eigenvalue weighted by Crippen LogP contribution is 2.65. The van der Waals surface area contributed by atoms with Gasteiger partial charge in [0, 0.05) is 10.9 Å². The fraction of sp³-hybridized carbons (Fsp3) is 0.667. The largest absolute Gasteiger partial charge is 0.504 e. The van der Waals surface area contributed by atoms with Gasteiger partial charge in [-0.3, -0.25) is 0 Å². The maximum atomic E-state index is 11.6. The van der Waals surface area contributed by atoms with Gasteiger partial charge in [0.25, 0.3) is 0 Å². The van der Waals surface area contributed by atoms with E-state index in [1.807, 2.05) is 0 Å². The molecule has 2 N–H and O–H groups in total. The van der Waals surface area contributed by atoms with Crippen LogP contribution in [0.2, 0.25) is 0 Å². The Morgan fingerprint density at radius 3 is 1.47 bits per heavy atom. The molecule has 8 fully saturated rings. The van der Waals surface area contributed by atoms with Crippen LogP contribution in [0.5, 0.6) is 11.5 Å². The highest BCUT2D eigenvalue weighted by atomic mass is 16.3. The molecule has 2 aromatic carbocycles. The summed E-state index contributed by atoms with van der Waals surface area (Å²) in [7, 11) is 0. The van der Waals surface area contributed by atoms with Crippen LogP contribution < -0.4 is 0 Å². The zero-order valence-corrected chi connectivity index (χ0v) is 19.2. The highest BCUT2D eigenvalue weighted by Gasteiger charge is 2.54. The van der Waals surface area contributed by atoms with Crippen LogP contribution in [0.15, 0.2) is 24.3 Å². The van der Waals surface area contributed by atoms with Gasteiger partial charge >= 0.3 is 0 Å². The zero-order valence-electron chi connectivity index (χ0n) is 19.2. The predicted octanol–water partition coefficient (Wildman–Crippen LogP) is 7.19. The molecule has 2 aromatic rings. The summed E-state index contributed by atoms with van der Waals surface area (Å²) in [5.41, 5.74) is 2.74. The molecule has 168 valence electrons. The van der Waals surface area contributed by atoms with Crippen molar-refractivity contribution in [3.05, 3.63) is 35.4 Å². The van der Waals surface area contributed by atoms with Crippen LogP contribution in [0, 0.1) is 35.5 Å². The third-order valence-corrected chi connectivity index (χ3v) is 11.3. The van der Waals surface area contributed by atoms with Crippen molar-refractivity contribution in [3.8, 4) is 11.5 Å². The molecule has 2 heteroatoms. The fourth-order valence-corrected chi connectivity index (χ4v) is 11.2. The first-order valence-electron chi connectivity index (χ1n) is 13.5. The molecule has 10 rings (SSSR count). The minimum atomic E-state index is 0.0984. The van der Waals surface area contributed by atoms with Crippen LogP contribution in [0.1, 0.15) is 88.2 Å². The summed E-state index contributed by atoms with van der Waals surface area (Å²) in [5.74, 6) is 5.53. The first-order valence-corrected chi connectivity index (χ1v) is 13.5. The Bertz CT molecular complexity index is 1060. The highest BCUT2D eigenvalue weighted by molar-refractivity contribution is 5.95. The molecule has 0 amide bonds. The molecule has 0 spiro atoms. The molecule has 2 nitrogen and oxygen atoms in total. The van der Waals surface area contributed by atoms with E-state index in [-0.39, 0.29) is 22.3 Å². The molecule has 0 unspecified atom stereocenters. The number of hydrogen-bond donors (Lipinski definition) is 2. The summed E-state index contributed by atoms with van der Waals surface area (Å²) in [5, 5.41) is 25.2. The van der Waals surface area contributed by atoms with Gasteiger partial charge in [0.2, 0.25) is 0 Å². The standard InChI is InChI=1S/C30H36O2/c31-27-25(30-14-20-7-21(15-30)9-22(8-20)16-30)10-23-2-1-3-24(26(23)28(27)32)29-11-17-4-18(12-29)6-19(5-17)13-29/h1-3,10,17-22,31-32H,4-9,11-16H2. The molecule has 0 aromatic heterocycles. The molecular weight excluding hydrogens is 392 g/mol. The normalized spacial score (nSPS) is 45.8.